The third kappa shape index (κ3) is 2.50. The van der Waals surface area contributed by atoms with Crippen molar-refractivity contribution in [1.29, 1.82) is 0 Å². The summed E-state index contributed by atoms with van der Waals surface area (Å²) in [6.45, 7) is 8.14. The highest BCUT2D eigenvalue weighted by molar-refractivity contribution is 5.15. The Balaban J connectivity index is 1.53. The summed E-state index contributed by atoms with van der Waals surface area (Å²) in [5.41, 5.74) is 0.425. The normalized spacial score (nSPS) is 44.6. The summed E-state index contributed by atoms with van der Waals surface area (Å²) in [6, 6.07) is 0. The largest absolute Gasteiger partial charge is 0.380 e. The van der Waals surface area contributed by atoms with Crippen molar-refractivity contribution in [2.75, 3.05) is 40.6 Å². The van der Waals surface area contributed by atoms with E-state index in [9.17, 15) is 0 Å². The van der Waals surface area contributed by atoms with Crippen molar-refractivity contribution < 1.29 is 18.9 Å². The third-order valence-electron chi connectivity index (χ3n) is 10.1. The van der Waals surface area contributed by atoms with Gasteiger partial charge in [0.25, 0.3) is 0 Å². The Hall–Kier alpha value is -0.160. The molecule has 2 saturated heterocycles. The average molecular weight is 393 g/mol. The number of methoxy groups -OCH3 is 2. The van der Waals surface area contributed by atoms with Crippen LogP contribution in [-0.4, -0.2) is 52.9 Å². The molecule has 0 spiro atoms. The smallest absolute Gasteiger partial charge is 0.0706 e. The lowest BCUT2D eigenvalue weighted by Crippen LogP contribution is -2.62. The van der Waals surface area contributed by atoms with E-state index in [0.29, 0.717) is 24.0 Å². The Morgan fingerprint density at radius 3 is 1.46 bits per heavy atom. The molecular formula is C24H40O4. The minimum atomic E-state index is 0.212. The van der Waals surface area contributed by atoms with Crippen molar-refractivity contribution in [2.24, 2.45) is 46.3 Å². The minimum Gasteiger partial charge on any atom is -0.380 e. The second kappa shape index (κ2) is 7.21. The molecule has 0 aromatic heterocycles. The summed E-state index contributed by atoms with van der Waals surface area (Å²) < 4.78 is 24.3. The van der Waals surface area contributed by atoms with Crippen LogP contribution in [0.4, 0.5) is 0 Å². The van der Waals surface area contributed by atoms with E-state index in [4.69, 9.17) is 18.9 Å². The predicted molar refractivity (Wildman–Crippen MR) is 108 cm³/mol. The summed E-state index contributed by atoms with van der Waals surface area (Å²) >= 11 is 0. The van der Waals surface area contributed by atoms with Crippen LogP contribution in [0.15, 0.2) is 0 Å². The molecule has 0 radical (unpaired) electrons. The third-order valence-corrected chi connectivity index (χ3v) is 10.1. The van der Waals surface area contributed by atoms with Gasteiger partial charge in [-0.05, 0) is 67.6 Å². The number of fused-ring (bicyclic) bond motifs is 5. The summed E-state index contributed by atoms with van der Waals surface area (Å²) in [7, 11) is 3.92. The Kier molecular flexibility index (Phi) is 5.10. The van der Waals surface area contributed by atoms with E-state index in [-0.39, 0.29) is 10.8 Å². The van der Waals surface area contributed by atoms with Gasteiger partial charge in [0.2, 0.25) is 0 Å². The molecule has 0 amide bonds. The summed E-state index contributed by atoms with van der Waals surface area (Å²) in [5, 5.41) is 0. The van der Waals surface area contributed by atoms with Gasteiger partial charge in [-0.15, -0.1) is 0 Å². The van der Waals surface area contributed by atoms with Gasteiger partial charge in [-0.2, -0.15) is 0 Å². The van der Waals surface area contributed by atoms with Crippen molar-refractivity contribution in [3.05, 3.63) is 0 Å². The lowest BCUT2D eigenvalue weighted by Gasteiger charge is -2.56. The van der Waals surface area contributed by atoms with Gasteiger partial charge in [-0.3, -0.25) is 0 Å². The Labute approximate surface area is 171 Å². The fraction of sp³-hybridized carbons (Fsp3) is 1.00. The van der Waals surface area contributed by atoms with E-state index in [1.165, 1.54) is 25.7 Å². The molecule has 3 saturated carbocycles. The molecule has 4 nitrogen and oxygen atoms in total. The summed E-state index contributed by atoms with van der Waals surface area (Å²) in [4.78, 5) is 0. The van der Waals surface area contributed by atoms with Crippen molar-refractivity contribution in [3.63, 3.8) is 0 Å². The van der Waals surface area contributed by atoms with Crippen molar-refractivity contribution in [1.82, 2.24) is 0 Å². The Bertz CT molecular complexity index is 510. The molecule has 0 aromatic rings. The number of hydrogen-bond acceptors (Lipinski definition) is 4. The highest BCUT2D eigenvalue weighted by Crippen LogP contribution is 2.68. The van der Waals surface area contributed by atoms with Crippen LogP contribution < -0.4 is 0 Å². The van der Waals surface area contributed by atoms with Gasteiger partial charge in [0.15, 0.2) is 0 Å². The first-order valence-electron chi connectivity index (χ1n) is 11.9. The first kappa shape index (κ1) is 19.8. The second-order valence-corrected chi connectivity index (χ2v) is 10.7. The van der Waals surface area contributed by atoms with Gasteiger partial charge < -0.3 is 18.9 Å². The molecule has 8 unspecified atom stereocenters. The number of hydrogen-bond donors (Lipinski definition) is 0. The highest BCUT2D eigenvalue weighted by Gasteiger charge is 2.67. The first-order valence-corrected chi connectivity index (χ1v) is 11.9. The van der Waals surface area contributed by atoms with Crippen LogP contribution >= 0.6 is 0 Å². The predicted octanol–water partition coefficient (Wildman–Crippen LogP) is 4.17. The SMILES string of the molecule is CCC1(C(OC)C2C3CC(C4CCCC43)C2C(OC)C2(CC)COC2)COC1. The van der Waals surface area contributed by atoms with E-state index >= 15 is 0 Å². The molecule has 5 aliphatic rings. The first-order chi connectivity index (χ1) is 13.6. The lowest BCUT2D eigenvalue weighted by atomic mass is 9.57. The monoisotopic (exact) mass is 392 g/mol. The molecule has 2 heterocycles. The fourth-order valence-corrected chi connectivity index (χ4v) is 8.55. The summed E-state index contributed by atoms with van der Waals surface area (Å²) in [5.74, 6) is 4.76. The topological polar surface area (TPSA) is 36.9 Å². The second-order valence-electron chi connectivity index (χ2n) is 10.7. The maximum atomic E-state index is 6.39. The van der Waals surface area contributed by atoms with Crippen LogP contribution in [0.5, 0.6) is 0 Å². The van der Waals surface area contributed by atoms with Crippen LogP contribution in [0.2, 0.25) is 0 Å². The number of ether oxygens (including phenoxy) is 4. The molecule has 2 aliphatic heterocycles. The standard InChI is InChI=1S/C24H40O4/c1-5-23(11-27-12-23)21(25-3)19-17-10-18(16-9-7-8-15(16)17)20(19)22(26-4)24(6-2)13-28-14-24/h15-22H,5-14H2,1-4H3. The lowest BCUT2D eigenvalue weighted by molar-refractivity contribution is -0.241. The van der Waals surface area contributed by atoms with Gasteiger partial charge in [-0.25, -0.2) is 0 Å². The molecule has 28 heavy (non-hydrogen) atoms. The average Bonchev–Trinajstić information content (AvgIpc) is 3.32. The van der Waals surface area contributed by atoms with Gasteiger partial charge in [0.05, 0.1) is 38.6 Å². The van der Waals surface area contributed by atoms with Crippen molar-refractivity contribution in [2.45, 2.75) is 64.6 Å². The molecule has 160 valence electrons. The maximum Gasteiger partial charge on any atom is 0.0706 e. The highest BCUT2D eigenvalue weighted by atomic mass is 16.5. The summed E-state index contributed by atoms with van der Waals surface area (Å²) in [6.07, 6.45) is 8.65. The van der Waals surface area contributed by atoms with Crippen LogP contribution in [0.1, 0.15) is 52.4 Å². The van der Waals surface area contributed by atoms with Gasteiger partial charge in [-0.1, -0.05) is 20.3 Å². The zero-order chi connectivity index (χ0) is 19.5. The van der Waals surface area contributed by atoms with Crippen LogP contribution in [0.25, 0.3) is 0 Å². The molecule has 5 fully saturated rings. The zero-order valence-corrected chi connectivity index (χ0v) is 18.3. The van der Waals surface area contributed by atoms with Gasteiger partial charge >= 0.3 is 0 Å². The van der Waals surface area contributed by atoms with Crippen LogP contribution in [-0.2, 0) is 18.9 Å². The van der Waals surface area contributed by atoms with E-state index in [0.717, 1.165) is 62.9 Å². The van der Waals surface area contributed by atoms with Gasteiger partial charge in [0.1, 0.15) is 0 Å². The molecule has 5 rings (SSSR count). The zero-order valence-electron chi connectivity index (χ0n) is 18.3. The molecule has 2 bridgehead atoms. The van der Waals surface area contributed by atoms with Gasteiger partial charge in [0, 0.05) is 25.0 Å². The van der Waals surface area contributed by atoms with Crippen molar-refractivity contribution in [3.8, 4) is 0 Å². The maximum absolute atomic E-state index is 6.39. The minimum absolute atomic E-state index is 0.212. The fourth-order valence-electron chi connectivity index (χ4n) is 8.55. The quantitative estimate of drug-likeness (QED) is 0.621. The van der Waals surface area contributed by atoms with Crippen LogP contribution in [0.3, 0.4) is 0 Å². The van der Waals surface area contributed by atoms with Crippen molar-refractivity contribution >= 4 is 0 Å². The van der Waals surface area contributed by atoms with E-state index in [1.54, 1.807) is 0 Å². The molecule has 8 atom stereocenters. The number of rotatable bonds is 8. The molecule has 0 aromatic carbocycles. The molecule has 0 N–H and O–H groups in total. The Morgan fingerprint density at radius 2 is 1.18 bits per heavy atom. The molecular weight excluding hydrogens is 352 g/mol. The molecule has 4 heteroatoms. The van der Waals surface area contributed by atoms with E-state index in [1.807, 2.05) is 14.2 Å². The van der Waals surface area contributed by atoms with E-state index in [2.05, 4.69) is 13.8 Å². The van der Waals surface area contributed by atoms with E-state index < -0.39 is 0 Å². The Morgan fingerprint density at radius 1 is 0.750 bits per heavy atom. The van der Waals surface area contributed by atoms with Crippen LogP contribution in [0, 0.1) is 46.3 Å². The molecule has 3 aliphatic carbocycles.